The number of fused-ring (bicyclic) bond motifs is 1. The van der Waals surface area contributed by atoms with Crippen LogP contribution in [0.25, 0.3) is 10.8 Å². The molecule has 36 heavy (non-hydrogen) atoms. The number of hydrogen-bond acceptors (Lipinski definition) is 5. The Morgan fingerprint density at radius 3 is 2.61 bits per heavy atom. The topological polar surface area (TPSA) is 80.5 Å². The number of carbonyl (C=O) groups is 1. The van der Waals surface area contributed by atoms with Gasteiger partial charge in [-0.1, -0.05) is 24.3 Å². The van der Waals surface area contributed by atoms with E-state index in [1.807, 2.05) is 35.2 Å². The summed E-state index contributed by atoms with van der Waals surface area (Å²) in [6, 6.07) is 14.8. The lowest BCUT2D eigenvalue weighted by atomic mass is 9.71. The maximum Gasteiger partial charge on any atom is 0.417 e. The molecule has 1 aromatic heterocycles. The second kappa shape index (κ2) is 9.10. The van der Waals surface area contributed by atoms with Crippen LogP contribution in [0.15, 0.2) is 54.7 Å². The largest absolute Gasteiger partial charge is 0.417 e. The van der Waals surface area contributed by atoms with Crippen LogP contribution in [0.1, 0.15) is 34.5 Å². The molecule has 1 N–H and O–H groups in total. The summed E-state index contributed by atoms with van der Waals surface area (Å²) in [5.41, 5.74) is -0.882. The third-order valence-electron chi connectivity index (χ3n) is 7.75. The summed E-state index contributed by atoms with van der Waals surface area (Å²) in [6.07, 6.45) is -1.73. The second-order valence-corrected chi connectivity index (χ2v) is 9.63. The van der Waals surface area contributed by atoms with Gasteiger partial charge in [-0.3, -0.25) is 9.78 Å². The molecule has 186 valence electrons. The molecule has 9 heteroatoms. The third kappa shape index (κ3) is 4.16. The number of pyridine rings is 1. The molecule has 2 aromatic carbocycles. The van der Waals surface area contributed by atoms with Gasteiger partial charge < -0.3 is 14.9 Å². The molecule has 2 fully saturated rings. The van der Waals surface area contributed by atoms with Crippen molar-refractivity contribution in [1.82, 2.24) is 9.88 Å². The maximum atomic E-state index is 13.5. The van der Waals surface area contributed by atoms with Crippen molar-refractivity contribution in [3.63, 3.8) is 0 Å². The summed E-state index contributed by atoms with van der Waals surface area (Å²) in [5, 5.41) is 21.0. The molecule has 1 amide bonds. The predicted octanol–water partition coefficient (Wildman–Crippen LogP) is 4.48. The molecule has 3 heterocycles. The Morgan fingerprint density at radius 2 is 1.92 bits per heavy atom. The lowest BCUT2D eigenvalue weighted by Gasteiger charge is -2.42. The number of carbonyl (C=O) groups excluding carboxylic acids is 1. The van der Waals surface area contributed by atoms with E-state index in [1.54, 1.807) is 17.2 Å². The number of likely N-dealkylation sites (tertiary alicyclic amines) is 1. The van der Waals surface area contributed by atoms with E-state index >= 15 is 0 Å². The van der Waals surface area contributed by atoms with Crippen LogP contribution in [0.2, 0.25) is 0 Å². The molecule has 6 nitrogen and oxygen atoms in total. The van der Waals surface area contributed by atoms with E-state index in [-0.39, 0.29) is 23.8 Å². The standard InChI is InChI=1S/C27H25F3N4O2/c28-27(29,30)23-13-21(6-5-19(23)14-31)34-15-20(16-35)26(17-34)8-11-33(12-9-26)25(36)24-22-4-2-1-3-18(22)7-10-32-24/h1-7,10,13,20,35H,8-9,11-12,15-17H2. The van der Waals surface area contributed by atoms with Crippen molar-refractivity contribution in [3.8, 4) is 6.07 Å². The molecule has 5 rings (SSSR count). The number of rotatable bonds is 3. The van der Waals surface area contributed by atoms with Crippen molar-refractivity contribution < 1.29 is 23.1 Å². The number of aliphatic hydroxyl groups excluding tert-OH is 1. The fraction of sp³-hybridized carbons (Fsp3) is 0.370. The molecule has 0 aliphatic carbocycles. The van der Waals surface area contributed by atoms with Gasteiger partial charge in [-0.2, -0.15) is 18.4 Å². The highest BCUT2D eigenvalue weighted by atomic mass is 19.4. The molecule has 3 aromatic rings. The Morgan fingerprint density at radius 1 is 1.17 bits per heavy atom. The lowest BCUT2D eigenvalue weighted by molar-refractivity contribution is -0.137. The number of amides is 1. The molecule has 2 aliphatic heterocycles. The van der Waals surface area contributed by atoms with Gasteiger partial charge in [0, 0.05) is 56.0 Å². The number of aromatic nitrogens is 1. The highest BCUT2D eigenvalue weighted by molar-refractivity contribution is 6.05. The van der Waals surface area contributed by atoms with Gasteiger partial charge in [0.15, 0.2) is 0 Å². The quantitative estimate of drug-likeness (QED) is 0.581. The van der Waals surface area contributed by atoms with Gasteiger partial charge in [-0.05, 0) is 47.9 Å². The number of benzene rings is 2. The number of piperidine rings is 1. The molecule has 1 unspecified atom stereocenters. The first-order valence-electron chi connectivity index (χ1n) is 11.9. The van der Waals surface area contributed by atoms with Crippen LogP contribution >= 0.6 is 0 Å². The fourth-order valence-corrected chi connectivity index (χ4v) is 5.70. The van der Waals surface area contributed by atoms with Gasteiger partial charge in [0.2, 0.25) is 0 Å². The lowest BCUT2D eigenvalue weighted by Crippen LogP contribution is -2.47. The summed E-state index contributed by atoms with van der Waals surface area (Å²) in [6.45, 7) is 1.77. The zero-order valence-electron chi connectivity index (χ0n) is 19.5. The van der Waals surface area contributed by atoms with Gasteiger partial charge in [0.05, 0.1) is 17.2 Å². The van der Waals surface area contributed by atoms with Crippen molar-refractivity contribution in [2.75, 3.05) is 37.7 Å². The van der Waals surface area contributed by atoms with E-state index in [2.05, 4.69) is 4.98 Å². The summed E-state index contributed by atoms with van der Waals surface area (Å²) >= 11 is 0. The van der Waals surface area contributed by atoms with Crippen molar-refractivity contribution in [2.24, 2.45) is 11.3 Å². The molecule has 1 spiro atoms. The van der Waals surface area contributed by atoms with Crippen LogP contribution in [0, 0.1) is 22.7 Å². The summed E-state index contributed by atoms with van der Waals surface area (Å²) in [4.78, 5) is 21.3. The minimum Gasteiger partial charge on any atom is -0.396 e. The zero-order valence-corrected chi connectivity index (χ0v) is 19.5. The molecule has 2 saturated heterocycles. The van der Waals surface area contributed by atoms with Gasteiger partial charge in [-0.25, -0.2) is 0 Å². The molecule has 0 bridgehead atoms. The summed E-state index contributed by atoms with van der Waals surface area (Å²) < 4.78 is 40.5. The van der Waals surface area contributed by atoms with Crippen LogP contribution in [0.5, 0.6) is 0 Å². The Labute approximate surface area is 206 Å². The highest BCUT2D eigenvalue weighted by Crippen LogP contribution is 2.46. The minimum atomic E-state index is -4.63. The van der Waals surface area contributed by atoms with Crippen molar-refractivity contribution >= 4 is 22.4 Å². The van der Waals surface area contributed by atoms with Gasteiger partial charge >= 0.3 is 6.18 Å². The molecule has 0 saturated carbocycles. The van der Waals surface area contributed by atoms with Crippen LogP contribution in [0.3, 0.4) is 0 Å². The predicted molar refractivity (Wildman–Crippen MR) is 128 cm³/mol. The van der Waals surface area contributed by atoms with Gasteiger partial charge in [0.25, 0.3) is 5.91 Å². The number of aliphatic hydroxyl groups is 1. The fourth-order valence-electron chi connectivity index (χ4n) is 5.70. The normalized spacial score (nSPS) is 19.6. The minimum absolute atomic E-state index is 0.0856. The SMILES string of the molecule is N#Cc1ccc(N2CC(CO)C3(CCN(C(=O)c4nccc5ccccc45)CC3)C2)cc1C(F)(F)F. The average molecular weight is 495 g/mol. The van der Waals surface area contributed by atoms with Crippen LogP contribution < -0.4 is 4.90 Å². The van der Waals surface area contributed by atoms with Crippen molar-refractivity contribution in [3.05, 3.63) is 71.5 Å². The molecule has 1 atom stereocenters. The Balaban J connectivity index is 1.35. The smallest absolute Gasteiger partial charge is 0.396 e. The highest BCUT2D eigenvalue weighted by Gasteiger charge is 2.48. The van der Waals surface area contributed by atoms with E-state index in [0.29, 0.717) is 50.4 Å². The van der Waals surface area contributed by atoms with Gasteiger partial charge in [-0.15, -0.1) is 0 Å². The van der Waals surface area contributed by atoms with Crippen molar-refractivity contribution in [1.29, 1.82) is 5.26 Å². The zero-order chi connectivity index (χ0) is 25.5. The van der Waals surface area contributed by atoms with Crippen molar-refractivity contribution in [2.45, 2.75) is 19.0 Å². The first kappa shape index (κ1) is 24.1. The van der Waals surface area contributed by atoms with Crippen LogP contribution in [-0.4, -0.2) is 53.7 Å². The number of hydrogen-bond donors (Lipinski definition) is 1. The molecule has 0 radical (unpaired) electrons. The first-order chi connectivity index (χ1) is 17.3. The third-order valence-corrected chi connectivity index (χ3v) is 7.75. The number of anilines is 1. The summed E-state index contributed by atoms with van der Waals surface area (Å²) in [5.74, 6) is -0.269. The monoisotopic (exact) mass is 494 g/mol. The number of nitriles is 1. The number of alkyl halides is 3. The maximum absolute atomic E-state index is 13.5. The second-order valence-electron chi connectivity index (χ2n) is 9.63. The van der Waals surface area contributed by atoms with E-state index in [1.165, 1.54) is 12.1 Å². The average Bonchev–Trinajstić information content (AvgIpc) is 3.25. The van der Waals surface area contributed by atoms with Crippen LogP contribution in [-0.2, 0) is 6.18 Å². The van der Waals surface area contributed by atoms with E-state index in [0.717, 1.165) is 16.8 Å². The first-order valence-corrected chi connectivity index (χ1v) is 11.9. The van der Waals surface area contributed by atoms with Crippen LogP contribution in [0.4, 0.5) is 18.9 Å². The van der Waals surface area contributed by atoms with Gasteiger partial charge in [0.1, 0.15) is 5.69 Å². The molecular weight excluding hydrogens is 469 g/mol. The number of halogens is 3. The summed E-state index contributed by atoms with van der Waals surface area (Å²) in [7, 11) is 0. The van der Waals surface area contributed by atoms with E-state index in [4.69, 9.17) is 5.26 Å². The van der Waals surface area contributed by atoms with E-state index < -0.39 is 17.3 Å². The van der Waals surface area contributed by atoms with E-state index in [9.17, 15) is 23.1 Å². The molecular formula is C27H25F3N4O2. The Kier molecular flexibility index (Phi) is 6.08. The number of nitrogens with zero attached hydrogens (tertiary/aromatic N) is 4. The molecule has 2 aliphatic rings. The Hall–Kier alpha value is -3.64. The Bertz CT molecular complexity index is 1340.